The zero-order valence-electron chi connectivity index (χ0n) is 20.1. The molecule has 1 amide bonds. The highest BCUT2D eigenvalue weighted by Gasteiger charge is 2.46. The number of rotatable bonds is 7. The number of methoxy groups -OCH3 is 2. The van der Waals surface area contributed by atoms with E-state index >= 15 is 0 Å². The third kappa shape index (κ3) is 4.82. The first-order valence-corrected chi connectivity index (χ1v) is 11.5. The van der Waals surface area contributed by atoms with Gasteiger partial charge in [0, 0.05) is 31.7 Å². The number of phenolic OH excluding ortho intramolecular Hbond substituents is 1. The largest absolute Gasteiger partial charge is 0.507 e. The number of amides is 1. The third-order valence-corrected chi connectivity index (χ3v) is 6.51. The maximum absolute atomic E-state index is 13.3. The minimum Gasteiger partial charge on any atom is -0.507 e. The predicted molar refractivity (Wildman–Crippen MR) is 129 cm³/mol. The van der Waals surface area contributed by atoms with Crippen molar-refractivity contribution in [3.63, 3.8) is 0 Å². The fraction of sp³-hybridized carbons (Fsp3) is 0.385. The molecule has 0 saturated carbocycles. The number of Topliss-reactive ketones (excluding diaryl/α,β-unsaturated/α-hetero) is 1. The molecular formula is C26H30N2O7. The number of carbonyl (C=O) groups is 2. The maximum atomic E-state index is 13.3. The molecule has 2 fully saturated rings. The summed E-state index contributed by atoms with van der Waals surface area (Å²) in [7, 11) is 2.97. The number of carbonyl (C=O) groups excluding carboxylic acids is 2. The van der Waals surface area contributed by atoms with Crippen LogP contribution in [0.2, 0.25) is 0 Å². The highest BCUT2D eigenvalue weighted by molar-refractivity contribution is 6.46. The van der Waals surface area contributed by atoms with Crippen molar-refractivity contribution in [1.82, 2.24) is 9.80 Å². The van der Waals surface area contributed by atoms with Crippen LogP contribution in [0.4, 0.5) is 0 Å². The topological polar surface area (TPSA) is 109 Å². The standard InChI is InChI=1S/C26H30N2O7/c1-16-14-18(33-2)5-6-19(16)24(30)22-23(17-4-7-20(29)21(15-17)34-3)28(26(32)25(22)31)9-8-27-10-12-35-13-11-27/h4-7,14-15,23,29-30H,8-13H2,1-3H3/b24-22+/t23-/m1/s1. The summed E-state index contributed by atoms with van der Waals surface area (Å²) in [6, 6.07) is 8.93. The van der Waals surface area contributed by atoms with Gasteiger partial charge in [0.25, 0.3) is 11.7 Å². The van der Waals surface area contributed by atoms with E-state index in [2.05, 4.69) is 4.90 Å². The van der Waals surface area contributed by atoms with Gasteiger partial charge in [-0.15, -0.1) is 0 Å². The monoisotopic (exact) mass is 482 g/mol. The molecule has 0 unspecified atom stereocenters. The molecule has 2 aromatic carbocycles. The number of hydrogen-bond acceptors (Lipinski definition) is 8. The number of ketones is 1. The lowest BCUT2D eigenvalue weighted by Crippen LogP contribution is -2.42. The van der Waals surface area contributed by atoms with Gasteiger partial charge in [-0.25, -0.2) is 0 Å². The van der Waals surface area contributed by atoms with Crippen molar-refractivity contribution in [2.45, 2.75) is 13.0 Å². The van der Waals surface area contributed by atoms with Crippen LogP contribution >= 0.6 is 0 Å². The smallest absolute Gasteiger partial charge is 0.295 e. The Hall–Kier alpha value is -3.56. The van der Waals surface area contributed by atoms with Crippen LogP contribution in [0.1, 0.15) is 22.7 Å². The molecule has 0 radical (unpaired) electrons. The molecule has 186 valence electrons. The molecule has 0 aromatic heterocycles. The van der Waals surface area contributed by atoms with Crippen LogP contribution in [0.3, 0.4) is 0 Å². The molecule has 9 heteroatoms. The van der Waals surface area contributed by atoms with Gasteiger partial charge in [-0.3, -0.25) is 14.5 Å². The quantitative estimate of drug-likeness (QED) is 0.352. The summed E-state index contributed by atoms with van der Waals surface area (Å²) in [6.45, 7) is 5.37. The van der Waals surface area contributed by atoms with Crippen molar-refractivity contribution in [2.75, 3.05) is 53.6 Å². The second-order valence-corrected chi connectivity index (χ2v) is 8.56. The van der Waals surface area contributed by atoms with E-state index in [-0.39, 0.29) is 29.4 Å². The molecule has 1 atom stereocenters. The summed E-state index contributed by atoms with van der Waals surface area (Å²) in [5.74, 6) is -0.923. The van der Waals surface area contributed by atoms with Crippen LogP contribution in [0, 0.1) is 6.92 Å². The van der Waals surface area contributed by atoms with Gasteiger partial charge in [0.05, 0.1) is 39.0 Å². The van der Waals surface area contributed by atoms with Crippen molar-refractivity contribution in [3.8, 4) is 17.2 Å². The first-order valence-electron chi connectivity index (χ1n) is 11.5. The lowest BCUT2D eigenvalue weighted by Gasteiger charge is -2.31. The molecule has 2 aromatic rings. The highest BCUT2D eigenvalue weighted by Crippen LogP contribution is 2.42. The Bertz CT molecular complexity index is 1150. The van der Waals surface area contributed by atoms with E-state index in [9.17, 15) is 19.8 Å². The number of morpholine rings is 1. The number of aliphatic hydroxyl groups is 1. The van der Waals surface area contributed by atoms with Gasteiger partial charge in [0.15, 0.2) is 11.5 Å². The summed E-state index contributed by atoms with van der Waals surface area (Å²) in [5, 5.41) is 21.4. The van der Waals surface area contributed by atoms with Crippen molar-refractivity contribution in [1.29, 1.82) is 0 Å². The Morgan fingerprint density at radius 1 is 1.06 bits per heavy atom. The average Bonchev–Trinajstić information content (AvgIpc) is 3.12. The zero-order chi connectivity index (χ0) is 25.1. The van der Waals surface area contributed by atoms with E-state index in [1.54, 1.807) is 44.4 Å². The molecule has 2 aliphatic rings. The normalized spacial score (nSPS) is 20.3. The molecule has 35 heavy (non-hydrogen) atoms. The maximum Gasteiger partial charge on any atom is 0.295 e. The fourth-order valence-electron chi connectivity index (χ4n) is 4.57. The van der Waals surface area contributed by atoms with E-state index < -0.39 is 17.7 Å². The molecule has 9 nitrogen and oxygen atoms in total. The van der Waals surface area contributed by atoms with Crippen LogP contribution in [0.5, 0.6) is 17.2 Å². The van der Waals surface area contributed by atoms with Gasteiger partial charge < -0.3 is 29.3 Å². The summed E-state index contributed by atoms with van der Waals surface area (Å²) < 4.78 is 15.9. The fourth-order valence-corrected chi connectivity index (χ4v) is 4.57. The van der Waals surface area contributed by atoms with Gasteiger partial charge in [0.1, 0.15) is 11.5 Å². The van der Waals surface area contributed by atoms with Gasteiger partial charge in [-0.05, 0) is 48.4 Å². The number of phenols is 1. The van der Waals surface area contributed by atoms with E-state index in [1.807, 2.05) is 0 Å². The Kier molecular flexibility index (Phi) is 7.28. The van der Waals surface area contributed by atoms with Gasteiger partial charge in [-0.1, -0.05) is 6.07 Å². The second-order valence-electron chi connectivity index (χ2n) is 8.56. The number of hydrogen-bond donors (Lipinski definition) is 2. The zero-order valence-corrected chi connectivity index (χ0v) is 20.1. The van der Waals surface area contributed by atoms with Gasteiger partial charge in [0.2, 0.25) is 0 Å². The summed E-state index contributed by atoms with van der Waals surface area (Å²) in [5.41, 5.74) is 1.68. The van der Waals surface area contributed by atoms with Crippen LogP contribution in [-0.2, 0) is 14.3 Å². The van der Waals surface area contributed by atoms with Gasteiger partial charge in [-0.2, -0.15) is 0 Å². The minimum atomic E-state index is -0.841. The van der Waals surface area contributed by atoms with Crippen LogP contribution in [0.25, 0.3) is 5.76 Å². The first kappa shape index (κ1) is 24.6. The molecule has 0 spiro atoms. The summed E-state index contributed by atoms with van der Waals surface area (Å²) in [4.78, 5) is 30.1. The summed E-state index contributed by atoms with van der Waals surface area (Å²) in [6.07, 6.45) is 0. The molecule has 2 N–H and O–H groups in total. The molecule has 4 rings (SSSR count). The minimum absolute atomic E-state index is 0.00186. The predicted octanol–water partition coefficient (Wildman–Crippen LogP) is 2.47. The van der Waals surface area contributed by atoms with Crippen LogP contribution in [-0.4, -0.2) is 85.3 Å². The molecular weight excluding hydrogens is 452 g/mol. The second kappa shape index (κ2) is 10.4. The SMILES string of the molecule is COc1ccc(/C(O)=C2\C(=O)C(=O)N(CCN3CCOCC3)[C@@H]2c2ccc(O)c(OC)c2)c(C)c1. The molecule has 2 heterocycles. The van der Waals surface area contributed by atoms with E-state index in [4.69, 9.17) is 14.2 Å². The Morgan fingerprint density at radius 3 is 2.46 bits per heavy atom. The number of ether oxygens (including phenoxy) is 3. The first-order chi connectivity index (χ1) is 16.8. The van der Waals surface area contributed by atoms with Crippen molar-refractivity contribution in [3.05, 3.63) is 58.7 Å². The van der Waals surface area contributed by atoms with Crippen LogP contribution < -0.4 is 9.47 Å². The van der Waals surface area contributed by atoms with Gasteiger partial charge >= 0.3 is 0 Å². The molecule has 0 bridgehead atoms. The number of aromatic hydroxyl groups is 1. The summed E-state index contributed by atoms with van der Waals surface area (Å²) >= 11 is 0. The van der Waals surface area contributed by atoms with Crippen molar-refractivity contribution in [2.24, 2.45) is 0 Å². The molecule has 2 saturated heterocycles. The Morgan fingerprint density at radius 2 is 1.80 bits per heavy atom. The number of nitrogens with zero attached hydrogens (tertiary/aromatic N) is 2. The molecule has 2 aliphatic heterocycles. The average molecular weight is 483 g/mol. The third-order valence-electron chi connectivity index (χ3n) is 6.51. The lowest BCUT2D eigenvalue weighted by molar-refractivity contribution is -0.140. The van der Waals surface area contributed by atoms with E-state index in [1.165, 1.54) is 18.1 Å². The molecule has 0 aliphatic carbocycles. The van der Waals surface area contributed by atoms with E-state index in [0.29, 0.717) is 42.2 Å². The van der Waals surface area contributed by atoms with Crippen molar-refractivity contribution >= 4 is 17.4 Å². The van der Waals surface area contributed by atoms with E-state index in [0.717, 1.165) is 13.1 Å². The number of aliphatic hydroxyl groups excluding tert-OH is 1. The van der Waals surface area contributed by atoms with Crippen molar-refractivity contribution < 1.29 is 34.0 Å². The van der Waals surface area contributed by atoms with Crippen LogP contribution in [0.15, 0.2) is 42.0 Å². The lowest BCUT2D eigenvalue weighted by atomic mass is 9.93. The number of aryl methyl sites for hydroxylation is 1. The Labute approximate surface area is 204 Å². The number of likely N-dealkylation sites (tertiary alicyclic amines) is 1. The Balaban J connectivity index is 1.79. The number of benzene rings is 2. The highest BCUT2D eigenvalue weighted by atomic mass is 16.5.